The molecule has 0 spiro atoms. The van der Waals surface area contributed by atoms with Crippen LogP contribution in [0.2, 0.25) is 0 Å². The van der Waals surface area contributed by atoms with E-state index in [1.165, 1.54) is 12.3 Å². The number of nitro groups is 1. The Hall–Kier alpha value is -2.01. The van der Waals surface area contributed by atoms with E-state index in [1.807, 2.05) is 0 Å². The normalized spacial score (nSPS) is 10.6. The Morgan fingerprint density at radius 1 is 1.31 bits per heavy atom. The number of nitrogens with zero attached hydrogens (tertiary/aromatic N) is 2. The molecule has 5 nitrogen and oxygen atoms in total. The van der Waals surface area contributed by atoms with E-state index in [9.17, 15) is 10.1 Å². The van der Waals surface area contributed by atoms with Crippen LogP contribution in [0.3, 0.4) is 0 Å². The van der Waals surface area contributed by atoms with Gasteiger partial charge in [0.1, 0.15) is 0 Å². The SMILES string of the molecule is O=[N+]([O-])c1ccc(CCO)c2cnccc12. The highest BCUT2D eigenvalue weighted by atomic mass is 16.6. The summed E-state index contributed by atoms with van der Waals surface area (Å²) in [6, 6.07) is 4.75. The summed E-state index contributed by atoms with van der Waals surface area (Å²) in [6.07, 6.45) is 3.59. The molecule has 0 atom stereocenters. The summed E-state index contributed by atoms with van der Waals surface area (Å²) in [4.78, 5) is 14.4. The Morgan fingerprint density at radius 3 is 2.81 bits per heavy atom. The van der Waals surface area contributed by atoms with Gasteiger partial charge in [-0.05, 0) is 18.1 Å². The van der Waals surface area contributed by atoms with Gasteiger partial charge in [0.2, 0.25) is 0 Å². The van der Waals surface area contributed by atoms with Gasteiger partial charge in [0.25, 0.3) is 5.69 Å². The Balaban J connectivity index is 2.71. The fourth-order valence-electron chi connectivity index (χ4n) is 1.73. The van der Waals surface area contributed by atoms with Gasteiger partial charge in [-0.2, -0.15) is 0 Å². The Kier molecular flexibility index (Phi) is 2.78. The van der Waals surface area contributed by atoms with Gasteiger partial charge in [-0.15, -0.1) is 0 Å². The molecule has 0 saturated heterocycles. The molecule has 1 aromatic heterocycles. The van der Waals surface area contributed by atoms with E-state index in [0.717, 1.165) is 10.9 Å². The van der Waals surface area contributed by atoms with Crippen LogP contribution in [0.5, 0.6) is 0 Å². The lowest BCUT2D eigenvalue weighted by atomic mass is 10.0. The first-order chi connectivity index (χ1) is 7.74. The molecular weight excluding hydrogens is 208 g/mol. The van der Waals surface area contributed by atoms with Gasteiger partial charge in [-0.1, -0.05) is 6.07 Å². The fourth-order valence-corrected chi connectivity index (χ4v) is 1.73. The fraction of sp³-hybridized carbons (Fsp3) is 0.182. The zero-order valence-electron chi connectivity index (χ0n) is 8.46. The van der Waals surface area contributed by atoms with E-state index in [0.29, 0.717) is 11.8 Å². The van der Waals surface area contributed by atoms with Crippen LogP contribution in [0.4, 0.5) is 5.69 Å². The molecule has 0 unspecified atom stereocenters. The van der Waals surface area contributed by atoms with Gasteiger partial charge < -0.3 is 5.11 Å². The van der Waals surface area contributed by atoms with Crippen LogP contribution in [0, 0.1) is 10.1 Å². The van der Waals surface area contributed by atoms with Crippen molar-refractivity contribution in [2.75, 3.05) is 6.61 Å². The molecule has 0 saturated carbocycles. The minimum Gasteiger partial charge on any atom is -0.396 e. The molecule has 0 amide bonds. The summed E-state index contributed by atoms with van der Waals surface area (Å²) in [5.74, 6) is 0. The maximum atomic E-state index is 10.8. The van der Waals surface area contributed by atoms with Gasteiger partial charge in [-0.3, -0.25) is 15.1 Å². The monoisotopic (exact) mass is 218 g/mol. The lowest BCUT2D eigenvalue weighted by Crippen LogP contribution is -1.96. The highest BCUT2D eigenvalue weighted by Gasteiger charge is 2.13. The number of rotatable bonds is 3. The van der Waals surface area contributed by atoms with E-state index >= 15 is 0 Å². The third-order valence-electron chi connectivity index (χ3n) is 2.46. The summed E-state index contributed by atoms with van der Waals surface area (Å²) in [5.41, 5.74) is 0.940. The third kappa shape index (κ3) is 1.72. The molecule has 82 valence electrons. The van der Waals surface area contributed by atoms with Crippen molar-refractivity contribution in [2.45, 2.75) is 6.42 Å². The van der Waals surface area contributed by atoms with Gasteiger partial charge in [0, 0.05) is 30.5 Å². The van der Waals surface area contributed by atoms with Gasteiger partial charge in [-0.25, -0.2) is 0 Å². The minimum absolute atomic E-state index is 0.0157. The standard InChI is InChI=1S/C11H10N2O3/c14-6-4-8-1-2-11(13(15)16)9-3-5-12-7-10(8)9/h1-3,5,7,14H,4,6H2. The van der Waals surface area contributed by atoms with Crippen molar-refractivity contribution < 1.29 is 10.0 Å². The molecule has 1 heterocycles. The van der Waals surface area contributed by atoms with Crippen molar-refractivity contribution >= 4 is 16.5 Å². The predicted octanol–water partition coefficient (Wildman–Crippen LogP) is 1.68. The third-order valence-corrected chi connectivity index (χ3v) is 2.46. The smallest absolute Gasteiger partial charge is 0.277 e. The molecule has 0 aliphatic carbocycles. The van der Waals surface area contributed by atoms with Gasteiger partial charge >= 0.3 is 0 Å². The first-order valence-corrected chi connectivity index (χ1v) is 4.85. The van der Waals surface area contributed by atoms with Crippen molar-refractivity contribution in [1.29, 1.82) is 0 Å². The second-order valence-electron chi connectivity index (χ2n) is 3.40. The van der Waals surface area contributed by atoms with Crippen LogP contribution >= 0.6 is 0 Å². The summed E-state index contributed by atoms with van der Waals surface area (Å²) < 4.78 is 0. The number of aromatic nitrogens is 1. The molecule has 0 fully saturated rings. The highest BCUT2D eigenvalue weighted by molar-refractivity contribution is 5.92. The van der Waals surface area contributed by atoms with Crippen molar-refractivity contribution in [2.24, 2.45) is 0 Å². The van der Waals surface area contributed by atoms with Gasteiger partial charge in [0.05, 0.1) is 10.3 Å². The molecular formula is C11H10N2O3. The lowest BCUT2D eigenvalue weighted by molar-refractivity contribution is -0.383. The molecule has 5 heteroatoms. The van der Waals surface area contributed by atoms with Crippen LogP contribution in [-0.4, -0.2) is 21.6 Å². The number of aliphatic hydroxyl groups is 1. The van der Waals surface area contributed by atoms with E-state index in [1.54, 1.807) is 18.3 Å². The van der Waals surface area contributed by atoms with E-state index < -0.39 is 4.92 Å². The Labute approximate surface area is 91.5 Å². The molecule has 2 aromatic rings. The second-order valence-corrected chi connectivity index (χ2v) is 3.40. The zero-order chi connectivity index (χ0) is 11.5. The number of non-ortho nitro benzene ring substituents is 1. The molecule has 1 aromatic carbocycles. The predicted molar refractivity (Wildman–Crippen MR) is 59.2 cm³/mol. The maximum absolute atomic E-state index is 10.8. The minimum atomic E-state index is -0.412. The average molecular weight is 218 g/mol. The molecule has 1 N–H and O–H groups in total. The highest BCUT2D eigenvalue weighted by Crippen LogP contribution is 2.27. The molecule has 16 heavy (non-hydrogen) atoms. The largest absolute Gasteiger partial charge is 0.396 e. The number of hydrogen-bond acceptors (Lipinski definition) is 4. The number of hydrogen-bond donors (Lipinski definition) is 1. The van der Waals surface area contributed by atoms with Crippen LogP contribution < -0.4 is 0 Å². The average Bonchev–Trinajstić information content (AvgIpc) is 2.29. The van der Waals surface area contributed by atoms with E-state index in [2.05, 4.69) is 4.98 Å². The first kappa shape index (κ1) is 10.5. The lowest BCUT2D eigenvalue weighted by Gasteiger charge is -2.04. The second kappa shape index (κ2) is 4.24. The van der Waals surface area contributed by atoms with Crippen LogP contribution in [0.25, 0.3) is 10.8 Å². The number of fused-ring (bicyclic) bond motifs is 1. The molecule has 0 aliphatic rings. The molecule has 0 bridgehead atoms. The Morgan fingerprint density at radius 2 is 2.12 bits per heavy atom. The van der Waals surface area contributed by atoms with E-state index in [-0.39, 0.29) is 12.3 Å². The van der Waals surface area contributed by atoms with Crippen LogP contribution in [-0.2, 0) is 6.42 Å². The van der Waals surface area contributed by atoms with Gasteiger partial charge in [0.15, 0.2) is 0 Å². The summed E-state index contributed by atoms with van der Waals surface area (Å²) in [7, 11) is 0. The van der Waals surface area contributed by atoms with Crippen molar-refractivity contribution in [1.82, 2.24) is 4.98 Å². The first-order valence-electron chi connectivity index (χ1n) is 4.85. The number of nitro benzene ring substituents is 1. The zero-order valence-corrected chi connectivity index (χ0v) is 8.46. The summed E-state index contributed by atoms with van der Waals surface area (Å²) in [6.45, 7) is 0.0157. The Bertz CT molecular complexity index is 540. The van der Waals surface area contributed by atoms with Crippen molar-refractivity contribution in [3.8, 4) is 0 Å². The van der Waals surface area contributed by atoms with Crippen LogP contribution in [0.1, 0.15) is 5.56 Å². The summed E-state index contributed by atoms with van der Waals surface area (Å²) >= 11 is 0. The number of benzene rings is 1. The molecule has 0 radical (unpaired) electrons. The maximum Gasteiger partial charge on any atom is 0.277 e. The summed E-state index contributed by atoms with van der Waals surface area (Å²) in [5, 5.41) is 21.0. The van der Waals surface area contributed by atoms with Crippen LogP contribution in [0.15, 0.2) is 30.6 Å². The quantitative estimate of drug-likeness (QED) is 0.628. The van der Waals surface area contributed by atoms with Crippen molar-refractivity contribution in [3.05, 3.63) is 46.3 Å². The number of aliphatic hydroxyl groups excluding tert-OH is 1. The number of pyridine rings is 1. The molecule has 2 rings (SSSR count). The van der Waals surface area contributed by atoms with E-state index in [4.69, 9.17) is 5.11 Å². The topological polar surface area (TPSA) is 76.3 Å². The van der Waals surface area contributed by atoms with Crippen molar-refractivity contribution in [3.63, 3.8) is 0 Å². The molecule has 0 aliphatic heterocycles.